The van der Waals surface area contributed by atoms with E-state index in [9.17, 15) is 0 Å². The monoisotopic (exact) mass is 200 g/mol. The first-order valence-corrected chi connectivity index (χ1v) is 5.42. The highest BCUT2D eigenvalue weighted by molar-refractivity contribution is 7.09. The number of aromatic nitrogens is 1. The molecule has 1 rings (SSSR count). The largest absolute Gasteiger partial charge is 0.395 e. The average Bonchev–Trinajstić information content (AvgIpc) is 2.66. The summed E-state index contributed by atoms with van der Waals surface area (Å²) in [5.41, 5.74) is 0. The van der Waals surface area contributed by atoms with E-state index in [0.717, 1.165) is 11.4 Å². The molecular weight excluding hydrogens is 184 g/mol. The Morgan fingerprint density at radius 3 is 2.92 bits per heavy atom. The molecule has 74 valence electrons. The summed E-state index contributed by atoms with van der Waals surface area (Å²) in [6, 6.07) is 0.413. The van der Waals surface area contributed by atoms with Crippen molar-refractivity contribution in [2.24, 2.45) is 0 Å². The Morgan fingerprint density at radius 2 is 2.46 bits per heavy atom. The normalized spacial score (nSPS) is 15.6. The van der Waals surface area contributed by atoms with E-state index in [-0.39, 0.29) is 18.7 Å². The highest BCUT2D eigenvalue weighted by Gasteiger charge is 2.12. The molecule has 0 bridgehead atoms. The van der Waals surface area contributed by atoms with Crippen LogP contribution in [0.15, 0.2) is 11.6 Å². The lowest BCUT2D eigenvalue weighted by molar-refractivity contribution is 0.230. The van der Waals surface area contributed by atoms with Crippen molar-refractivity contribution in [3.05, 3.63) is 16.6 Å². The van der Waals surface area contributed by atoms with Gasteiger partial charge in [-0.25, -0.2) is 4.98 Å². The van der Waals surface area contributed by atoms with Gasteiger partial charge in [0.05, 0.1) is 12.6 Å². The molecule has 13 heavy (non-hydrogen) atoms. The molecule has 0 aliphatic heterocycles. The molecule has 1 unspecified atom stereocenters. The van der Waals surface area contributed by atoms with Crippen LogP contribution in [0.5, 0.6) is 0 Å². The van der Waals surface area contributed by atoms with Gasteiger partial charge in [0, 0.05) is 17.6 Å². The fourth-order valence-corrected chi connectivity index (χ4v) is 1.83. The van der Waals surface area contributed by atoms with Gasteiger partial charge in [-0.2, -0.15) is 0 Å². The predicted octanol–water partition coefficient (Wildman–Crippen LogP) is 1.56. The lowest BCUT2D eigenvalue weighted by Gasteiger charge is -2.18. The minimum atomic E-state index is 0.180. The van der Waals surface area contributed by atoms with E-state index in [1.54, 1.807) is 17.5 Å². The molecule has 0 amide bonds. The van der Waals surface area contributed by atoms with Crippen molar-refractivity contribution in [2.45, 2.75) is 32.4 Å². The summed E-state index contributed by atoms with van der Waals surface area (Å²) >= 11 is 1.64. The van der Waals surface area contributed by atoms with E-state index in [0.29, 0.717) is 0 Å². The van der Waals surface area contributed by atoms with Crippen LogP contribution in [0.4, 0.5) is 0 Å². The molecule has 0 fully saturated rings. The van der Waals surface area contributed by atoms with Crippen molar-refractivity contribution in [3.63, 3.8) is 0 Å². The van der Waals surface area contributed by atoms with Crippen LogP contribution in [0.2, 0.25) is 0 Å². The van der Waals surface area contributed by atoms with Gasteiger partial charge in [0.15, 0.2) is 0 Å². The van der Waals surface area contributed by atoms with Crippen molar-refractivity contribution in [3.8, 4) is 0 Å². The molecule has 0 aromatic carbocycles. The van der Waals surface area contributed by atoms with E-state index in [2.05, 4.69) is 24.1 Å². The Morgan fingerprint density at radius 1 is 1.69 bits per heavy atom. The van der Waals surface area contributed by atoms with Gasteiger partial charge in [0.2, 0.25) is 0 Å². The van der Waals surface area contributed by atoms with Gasteiger partial charge in [0.1, 0.15) is 5.01 Å². The topological polar surface area (TPSA) is 45.1 Å². The lowest BCUT2D eigenvalue weighted by atomic mass is 10.2. The van der Waals surface area contributed by atoms with E-state index in [1.165, 1.54) is 0 Å². The van der Waals surface area contributed by atoms with Gasteiger partial charge in [-0.05, 0) is 13.3 Å². The maximum Gasteiger partial charge on any atom is 0.109 e. The van der Waals surface area contributed by atoms with Crippen LogP contribution in [0.25, 0.3) is 0 Å². The van der Waals surface area contributed by atoms with E-state index >= 15 is 0 Å². The standard InChI is InChI=1S/C9H16N2OS/c1-3-8(6-12)11-7(2)9-10-4-5-13-9/h4-5,7-8,11-12H,3,6H2,1-2H3/t7?,8-/m0/s1. The average molecular weight is 200 g/mol. The van der Waals surface area contributed by atoms with Gasteiger partial charge in [-0.1, -0.05) is 6.92 Å². The van der Waals surface area contributed by atoms with Crippen molar-refractivity contribution in [1.82, 2.24) is 10.3 Å². The summed E-state index contributed by atoms with van der Waals surface area (Å²) in [5.74, 6) is 0. The molecule has 0 radical (unpaired) electrons. The molecule has 4 heteroatoms. The van der Waals surface area contributed by atoms with Crippen LogP contribution < -0.4 is 5.32 Å². The Bertz CT molecular complexity index is 222. The summed E-state index contributed by atoms with van der Waals surface area (Å²) in [6.45, 7) is 4.31. The third kappa shape index (κ3) is 3.06. The van der Waals surface area contributed by atoms with Gasteiger partial charge in [0.25, 0.3) is 0 Å². The Balaban J connectivity index is 2.45. The molecule has 1 aromatic rings. The van der Waals surface area contributed by atoms with Crippen molar-refractivity contribution < 1.29 is 5.11 Å². The first-order valence-electron chi connectivity index (χ1n) is 4.54. The molecule has 0 aliphatic rings. The van der Waals surface area contributed by atoms with Gasteiger partial charge < -0.3 is 10.4 Å². The second-order valence-electron chi connectivity index (χ2n) is 3.05. The molecule has 2 atom stereocenters. The summed E-state index contributed by atoms with van der Waals surface area (Å²) in [5, 5.41) is 15.4. The maximum absolute atomic E-state index is 8.99. The molecule has 1 heterocycles. The van der Waals surface area contributed by atoms with E-state index < -0.39 is 0 Å². The SMILES string of the molecule is CC[C@@H](CO)NC(C)c1nccs1. The second kappa shape index (κ2) is 5.32. The minimum absolute atomic E-state index is 0.180. The molecule has 2 N–H and O–H groups in total. The van der Waals surface area contributed by atoms with Crippen LogP contribution in [-0.4, -0.2) is 22.7 Å². The summed E-state index contributed by atoms with van der Waals surface area (Å²) in [4.78, 5) is 4.21. The minimum Gasteiger partial charge on any atom is -0.395 e. The van der Waals surface area contributed by atoms with Crippen LogP contribution in [0.3, 0.4) is 0 Å². The van der Waals surface area contributed by atoms with Gasteiger partial charge >= 0.3 is 0 Å². The fourth-order valence-electron chi connectivity index (χ4n) is 1.17. The third-order valence-corrected chi connectivity index (χ3v) is 2.98. The zero-order valence-electron chi connectivity index (χ0n) is 8.03. The number of rotatable bonds is 5. The molecule has 3 nitrogen and oxygen atoms in total. The molecular formula is C9H16N2OS. The quantitative estimate of drug-likeness (QED) is 0.758. The second-order valence-corrected chi connectivity index (χ2v) is 3.97. The number of hydrogen-bond acceptors (Lipinski definition) is 4. The number of nitrogens with zero attached hydrogens (tertiary/aromatic N) is 1. The number of aliphatic hydroxyl groups excluding tert-OH is 1. The van der Waals surface area contributed by atoms with Gasteiger partial charge in [-0.3, -0.25) is 0 Å². The number of nitrogens with one attached hydrogen (secondary N) is 1. The molecule has 1 aromatic heterocycles. The molecule has 0 spiro atoms. The van der Waals surface area contributed by atoms with Crippen LogP contribution in [0.1, 0.15) is 31.3 Å². The molecule has 0 aliphatic carbocycles. The number of aliphatic hydroxyl groups is 1. The zero-order valence-corrected chi connectivity index (χ0v) is 8.84. The summed E-state index contributed by atoms with van der Waals surface area (Å²) in [7, 11) is 0. The first kappa shape index (κ1) is 10.6. The van der Waals surface area contributed by atoms with Crippen LogP contribution in [0, 0.1) is 0 Å². The van der Waals surface area contributed by atoms with Crippen LogP contribution >= 0.6 is 11.3 Å². The van der Waals surface area contributed by atoms with E-state index in [1.807, 2.05) is 5.38 Å². The van der Waals surface area contributed by atoms with E-state index in [4.69, 9.17) is 5.11 Å². The van der Waals surface area contributed by atoms with Crippen molar-refractivity contribution >= 4 is 11.3 Å². The zero-order chi connectivity index (χ0) is 9.68. The number of thiazole rings is 1. The summed E-state index contributed by atoms with van der Waals surface area (Å²) in [6.07, 6.45) is 2.74. The predicted molar refractivity (Wildman–Crippen MR) is 54.8 cm³/mol. The van der Waals surface area contributed by atoms with Gasteiger partial charge in [-0.15, -0.1) is 11.3 Å². The lowest BCUT2D eigenvalue weighted by Crippen LogP contribution is -2.33. The molecule has 0 saturated heterocycles. The Labute approximate surface area is 82.8 Å². The third-order valence-electron chi connectivity index (χ3n) is 2.02. The van der Waals surface area contributed by atoms with Crippen molar-refractivity contribution in [1.29, 1.82) is 0 Å². The number of hydrogen-bond donors (Lipinski definition) is 2. The Kier molecular flexibility index (Phi) is 4.35. The fraction of sp³-hybridized carbons (Fsp3) is 0.667. The summed E-state index contributed by atoms with van der Waals surface area (Å²) < 4.78 is 0. The first-order chi connectivity index (χ1) is 6.27. The maximum atomic E-state index is 8.99. The highest BCUT2D eigenvalue weighted by Crippen LogP contribution is 2.15. The van der Waals surface area contributed by atoms with Crippen LogP contribution in [-0.2, 0) is 0 Å². The smallest absolute Gasteiger partial charge is 0.109 e. The molecule has 0 saturated carbocycles. The van der Waals surface area contributed by atoms with Crippen molar-refractivity contribution in [2.75, 3.05) is 6.61 Å². The Hall–Kier alpha value is -0.450. The highest BCUT2D eigenvalue weighted by atomic mass is 32.1.